The van der Waals surface area contributed by atoms with Crippen molar-refractivity contribution in [2.24, 2.45) is 0 Å². The molecule has 0 unspecified atom stereocenters. The fourth-order valence-electron chi connectivity index (χ4n) is 1.60. The Kier molecular flexibility index (Phi) is 3.81. The van der Waals surface area contributed by atoms with Crippen LogP contribution in [0.2, 0.25) is 0 Å². The molecule has 0 aliphatic carbocycles. The molecular weight excluding hydrogens is 296 g/mol. The Balaban J connectivity index is 2.07. The van der Waals surface area contributed by atoms with Gasteiger partial charge < -0.3 is 9.84 Å². The molecule has 5 heteroatoms. The summed E-state index contributed by atoms with van der Waals surface area (Å²) in [6.07, 6.45) is 0. The molecule has 0 fully saturated rings. The fraction of sp³-hybridized carbons (Fsp3) is 0.231. The normalized spacial score (nSPS) is 12.2. The van der Waals surface area contributed by atoms with E-state index >= 15 is 0 Å². The number of benzene rings is 1. The average molecular weight is 309 g/mol. The third-order valence-electron chi connectivity index (χ3n) is 2.55. The Labute approximate surface area is 113 Å². The Morgan fingerprint density at radius 3 is 2.83 bits per heavy atom. The number of hydrogen-bond donors (Lipinski definition) is 1. The number of rotatable bonds is 3. The number of hydrogen-bond acceptors (Lipinski definition) is 3. The maximum atomic E-state index is 11.9. The molecule has 0 aliphatic heterocycles. The SMILES string of the molecule is Cc1cc(C(=O)N[C@H](C)c2cccc(Br)c2)on1. The zero-order chi connectivity index (χ0) is 13.1. The number of carbonyl (C=O) groups excluding carboxylic acids is 1. The molecule has 2 rings (SSSR count). The lowest BCUT2D eigenvalue weighted by molar-refractivity contribution is 0.0902. The highest BCUT2D eigenvalue weighted by Crippen LogP contribution is 2.18. The fourth-order valence-corrected chi connectivity index (χ4v) is 2.01. The van der Waals surface area contributed by atoms with Crippen molar-refractivity contribution >= 4 is 21.8 Å². The number of aromatic nitrogens is 1. The Bertz CT molecular complexity index is 566. The van der Waals surface area contributed by atoms with E-state index in [2.05, 4.69) is 26.4 Å². The summed E-state index contributed by atoms with van der Waals surface area (Å²) in [5, 5.41) is 6.55. The van der Waals surface area contributed by atoms with Gasteiger partial charge in [0, 0.05) is 10.5 Å². The van der Waals surface area contributed by atoms with Crippen molar-refractivity contribution in [3.05, 3.63) is 51.8 Å². The smallest absolute Gasteiger partial charge is 0.290 e. The summed E-state index contributed by atoms with van der Waals surface area (Å²) in [5.41, 5.74) is 1.71. The molecule has 0 bridgehead atoms. The first-order valence-corrected chi connectivity index (χ1v) is 6.35. The molecule has 1 atom stereocenters. The van der Waals surface area contributed by atoms with E-state index in [9.17, 15) is 4.79 Å². The zero-order valence-corrected chi connectivity index (χ0v) is 11.7. The molecule has 0 saturated heterocycles. The maximum Gasteiger partial charge on any atom is 0.290 e. The standard InChI is InChI=1S/C13H13BrN2O2/c1-8-6-12(18-16-8)13(17)15-9(2)10-4-3-5-11(14)7-10/h3-7,9H,1-2H3,(H,15,17)/t9-/m1/s1. The Hall–Kier alpha value is -1.62. The minimum atomic E-state index is -0.261. The van der Waals surface area contributed by atoms with Gasteiger partial charge in [0.1, 0.15) is 0 Å². The van der Waals surface area contributed by atoms with Gasteiger partial charge in [-0.25, -0.2) is 0 Å². The second kappa shape index (κ2) is 5.35. The third kappa shape index (κ3) is 2.98. The van der Waals surface area contributed by atoms with E-state index in [0.717, 1.165) is 10.0 Å². The summed E-state index contributed by atoms with van der Waals surface area (Å²) in [6.45, 7) is 3.70. The number of amides is 1. The van der Waals surface area contributed by atoms with Crippen molar-refractivity contribution in [3.63, 3.8) is 0 Å². The number of nitrogens with one attached hydrogen (secondary N) is 1. The van der Waals surface area contributed by atoms with E-state index in [1.807, 2.05) is 31.2 Å². The van der Waals surface area contributed by atoms with Crippen LogP contribution in [-0.2, 0) is 0 Å². The van der Waals surface area contributed by atoms with Gasteiger partial charge in [0.2, 0.25) is 5.76 Å². The van der Waals surface area contributed by atoms with E-state index in [1.54, 1.807) is 13.0 Å². The van der Waals surface area contributed by atoms with E-state index in [-0.39, 0.29) is 17.7 Å². The van der Waals surface area contributed by atoms with Gasteiger partial charge in [0.15, 0.2) is 0 Å². The topological polar surface area (TPSA) is 55.1 Å². The lowest BCUT2D eigenvalue weighted by atomic mass is 10.1. The van der Waals surface area contributed by atoms with Gasteiger partial charge in [-0.05, 0) is 31.5 Å². The molecule has 1 aromatic carbocycles. The quantitative estimate of drug-likeness (QED) is 0.947. The monoisotopic (exact) mass is 308 g/mol. The minimum Gasteiger partial charge on any atom is -0.351 e. The molecule has 0 saturated carbocycles. The van der Waals surface area contributed by atoms with Crippen molar-refractivity contribution in [2.45, 2.75) is 19.9 Å². The summed E-state index contributed by atoms with van der Waals surface area (Å²) >= 11 is 3.40. The highest BCUT2D eigenvalue weighted by atomic mass is 79.9. The zero-order valence-electron chi connectivity index (χ0n) is 10.1. The van der Waals surface area contributed by atoms with E-state index in [1.165, 1.54) is 0 Å². The maximum absolute atomic E-state index is 11.9. The molecule has 1 aromatic heterocycles. The molecule has 0 radical (unpaired) electrons. The second-order valence-electron chi connectivity index (χ2n) is 4.08. The molecule has 1 amide bonds. The summed E-state index contributed by atoms with van der Waals surface area (Å²) in [5.74, 6) is -0.0302. The number of carbonyl (C=O) groups is 1. The average Bonchev–Trinajstić information content (AvgIpc) is 2.76. The van der Waals surface area contributed by atoms with Crippen LogP contribution in [0.15, 0.2) is 39.3 Å². The van der Waals surface area contributed by atoms with E-state index in [0.29, 0.717) is 5.69 Å². The highest BCUT2D eigenvalue weighted by Gasteiger charge is 2.15. The van der Waals surface area contributed by atoms with Crippen LogP contribution in [0.4, 0.5) is 0 Å². The van der Waals surface area contributed by atoms with Crippen molar-refractivity contribution in [1.82, 2.24) is 10.5 Å². The first kappa shape index (κ1) is 12.8. The van der Waals surface area contributed by atoms with Crippen LogP contribution < -0.4 is 5.32 Å². The lowest BCUT2D eigenvalue weighted by Crippen LogP contribution is -2.26. The molecule has 0 aliphatic rings. The van der Waals surface area contributed by atoms with E-state index in [4.69, 9.17) is 4.52 Å². The number of aryl methyl sites for hydroxylation is 1. The Morgan fingerprint density at radius 2 is 2.22 bits per heavy atom. The van der Waals surface area contributed by atoms with Gasteiger partial charge in [-0.1, -0.05) is 33.2 Å². The van der Waals surface area contributed by atoms with Crippen molar-refractivity contribution in [3.8, 4) is 0 Å². The predicted molar refractivity (Wildman–Crippen MR) is 71.3 cm³/mol. The van der Waals surface area contributed by atoms with Gasteiger partial charge in [0.25, 0.3) is 5.91 Å². The van der Waals surface area contributed by atoms with Crippen LogP contribution in [0.3, 0.4) is 0 Å². The molecule has 18 heavy (non-hydrogen) atoms. The number of halogens is 1. The molecule has 2 aromatic rings. The van der Waals surface area contributed by atoms with Gasteiger partial charge in [-0.15, -0.1) is 0 Å². The second-order valence-corrected chi connectivity index (χ2v) is 5.00. The molecule has 1 N–H and O–H groups in total. The molecule has 0 spiro atoms. The molecule has 4 nitrogen and oxygen atoms in total. The van der Waals surface area contributed by atoms with Crippen LogP contribution in [0.1, 0.15) is 34.8 Å². The predicted octanol–water partition coefficient (Wildman–Crippen LogP) is 3.24. The highest BCUT2D eigenvalue weighted by molar-refractivity contribution is 9.10. The lowest BCUT2D eigenvalue weighted by Gasteiger charge is -2.13. The van der Waals surface area contributed by atoms with Gasteiger partial charge in [-0.3, -0.25) is 4.79 Å². The van der Waals surface area contributed by atoms with Crippen LogP contribution in [-0.4, -0.2) is 11.1 Å². The van der Waals surface area contributed by atoms with Crippen LogP contribution in [0.25, 0.3) is 0 Å². The van der Waals surface area contributed by atoms with Crippen LogP contribution >= 0.6 is 15.9 Å². The molecular formula is C13H13BrN2O2. The van der Waals surface area contributed by atoms with Crippen molar-refractivity contribution in [1.29, 1.82) is 0 Å². The largest absolute Gasteiger partial charge is 0.351 e. The van der Waals surface area contributed by atoms with Gasteiger partial charge in [-0.2, -0.15) is 0 Å². The van der Waals surface area contributed by atoms with Crippen molar-refractivity contribution < 1.29 is 9.32 Å². The molecule has 94 valence electrons. The van der Waals surface area contributed by atoms with Crippen LogP contribution in [0.5, 0.6) is 0 Å². The summed E-state index contributed by atoms with van der Waals surface area (Å²) in [4.78, 5) is 11.9. The third-order valence-corrected chi connectivity index (χ3v) is 3.04. The first-order chi connectivity index (χ1) is 8.56. The number of nitrogens with zero attached hydrogens (tertiary/aromatic N) is 1. The first-order valence-electron chi connectivity index (χ1n) is 5.56. The summed E-state index contributed by atoms with van der Waals surface area (Å²) in [6, 6.07) is 9.32. The minimum absolute atomic E-state index is 0.0968. The van der Waals surface area contributed by atoms with Crippen molar-refractivity contribution in [2.75, 3.05) is 0 Å². The Morgan fingerprint density at radius 1 is 1.44 bits per heavy atom. The van der Waals surface area contributed by atoms with E-state index < -0.39 is 0 Å². The summed E-state index contributed by atoms with van der Waals surface area (Å²) in [7, 11) is 0. The van der Waals surface area contributed by atoms with Gasteiger partial charge >= 0.3 is 0 Å². The summed E-state index contributed by atoms with van der Waals surface area (Å²) < 4.78 is 5.90. The van der Waals surface area contributed by atoms with Gasteiger partial charge in [0.05, 0.1) is 11.7 Å². The van der Waals surface area contributed by atoms with Crippen LogP contribution in [0, 0.1) is 6.92 Å². The molecule has 1 heterocycles.